The highest BCUT2D eigenvalue weighted by Crippen LogP contribution is 2.14. The zero-order valence-electron chi connectivity index (χ0n) is 9.96. The smallest absolute Gasteiger partial charge is 0.0446 e. The van der Waals surface area contributed by atoms with E-state index < -0.39 is 0 Å². The Morgan fingerprint density at radius 1 is 1.40 bits per heavy atom. The molecule has 0 aliphatic heterocycles. The summed E-state index contributed by atoms with van der Waals surface area (Å²) in [5, 5.41) is 3.53. The molecule has 0 bridgehead atoms. The van der Waals surface area contributed by atoms with Gasteiger partial charge in [0.1, 0.15) is 0 Å². The summed E-state index contributed by atoms with van der Waals surface area (Å²) in [5.74, 6) is 0. The Morgan fingerprint density at radius 2 is 2.13 bits per heavy atom. The Balaban J connectivity index is 2.73. The molecule has 3 N–H and O–H groups in total. The van der Waals surface area contributed by atoms with Gasteiger partial charge in [-0.15, -0.1) is 0 Å². The van der Waals surface area contributed by atoms with Gasteiger partial charge in [-0.05, 0) is 25.8 Å². The third kappa shape index (κ3) is 3.65. The quantitative estimate of drug-likeness (QED) is 0.776. The molecule has 2 heteroatoms. The second-order valence-electron chi connectivity index (χ2n) is 4.18. The third-order valence-corrected chi connectivity index (χ3v) is 2.78. The van der Waals surface area contributed by atoms with E-state index in [4.69, 9.17) is 5.73 Å². The summed E-state index contributed by atoms with van der Waals surface area (Å²) < 4.78 is 0. The van der Waals surface area contributed by atoms with Crippen molar-refractivity contribution in [2.24, 2.45) is 5.73 Å². The van der Waals surface area contributed by atoms with Gasteiger partial charge in [0.25, 0.3) is 0 Å². The predicted octanol–water partition coefficient (Wildman–Crippen LogP) is 2.38. The molecule has 0 aliphatic rings. The fourth-order valence-corrected chi connectivity index (χ4v) is 1.65. The number of aryl methyl sites for hydroxylation is 1. The average molecular weight is 206 g/mol. The highest BCUT2D eigenvalue weighted by atomic mass is 15.0. The minimum absolute atomic E-state index is 0.278. The van der Waals surface area contributed by atoms with Crippen molar-refractivity contribution in [2.75, 3.05) is 6.54 Å². The minimum Gasteiger partial charge on any atom is -0.329 e. The van der Waals surface area contributed by atoms with Crippen LogP contribution in [-0.4, -0.2) is 12.6 Å². The van der Waals surface area contributed by atoms with Crippen LogP contribution >= 0.6 is 0 Å². The van der Waals surface area contributed by atoms with E-state index in [1.165, 1.54) is 11.1 Å². The standard InChI is InChI=1S/C13H22N2/c1-4-11(3)15-13(9-14)12-7-5-6-10(2)8-12/h5-8,11,13,15H,4,9,14H2,1-3H3. The summed E-state index contributed by atoms with van der Waals surface area (Å²) in [6.45, 7) is 7.13. The Morgan fingerprint density at radius 3 is 2.67 bits per heavy atom. The molecule has 1 rings (SSSR count). The van der Waals surface area contributed by atoms with Crippen molar-refractivity contribution in [1.29, 1.82) is 0 Å². The monoisotopic (exact) mass is 206 g/mol. The topological polar surface area (TPSA) is 38.0 Å². The van der Waals surface area contributed by atoms with Gasteiger partial charge in [0.2, 0.25) is 0 Å². The van der Waals surface area contributed by atoms with E-state index in [0.29, 0.717) is 12.6 Å². The van der Waals surface area contributed by atoms with Crippen molar-refractivity contribution >= 4 is 0 Å². The lowest BCUT2D eigenvalue weighted by Crippen LogP contribution is -2.34. The molecule has 0 amide bonds. The molecular weight excluding hydrogens is 184 g/mol. The number of hydrogen-bond donors (Lipinski definition) is 2. The maximum absolute atomic E-state index is 5.80. The Hall–Kier alpha value is -0.860. The molecule has 15 heavy (non-hydrogen) atoms. The van der Waals surface area contributed by atoms with E-state index in [9.17, 15) is 0 Å². The van der Waals surface area contributed by atoms with Gasteiger partial charge in [-0.1, -0.05) is 36.8 Å². The molecule has 0 heterocycles. The maximum Gasteiger partial charge on any atom is 0.0446 e. The Labute approximate surface area is 92.9 Å². The maximum atomic E-state index is 5.80. The first kappa shape index (κ1) is 12.2. The van der Waals surface area contributed by atoms with Crippen LogP contribution in [0.25, 0.3) is 0 Å². The van der Waals surface area contributed by atoms with Crippen molar-refractivity contribution in [2.45, 2.75) is 39.3 Å². The molecular formula is C13H22N2. The van der Waals surface area contributed by atoms with Crippen molar-refractivity contribution in [3.63, 3.8) is 0 Å². The molecule has 1 aromatic carbocycles. The van der Waals surface area contributed by atoms with Gasteiger partial charge in [0, 0.05) is 18.6 Å². The predicted molar refractivity (Wildman–Crippen MR) is 65.9 cm³/mol. The van der Waals surface area contributed by atoms with E-state index in [-0.39, 0.29) is 6.04 Å². The molecule has 0 fully saturated rings. The van der Waals surface area contributed by atoms with Gasteiger partial charge in [0.05, 0.1) is 0 Å². The third-order valence-electron chi connectivity index (χ3n) is 2.78. The first-order valence-electron chi connectivity index (χ1n) is 5.70. The van der Waals surface area contributed by atoms with Crippen LogP contribution in [0.15, 0.2) is 24.3 Å². The van der Waals surface area contributed by atoms with Gasteiger partial charge in [-0.3, -0.25) is 0 Å². The summed E-state index contributed by atoms with van der Waals surface area (Å²) in [4.78, 5) is 0. The van der Waals surface area contributed by atoms with Crippen LogP contribution in [-0.2, 0) is 0 Å². The number of nitrogens with two attached hydrogens (primary N) is 1. The van der Waals surface area contributed by atoms with Crippen LogP contribution in [0.2, 0.25) is 0 Å². The highest BCUT2D eigenvalue weighted by Gasteiger charge is 2.11. The average Bonchev–Trinajstić information content (AvgIpc) is 2.25. The van der Waals surface area contributed by atoms with Crippen LogP contribution in [0, 0.1) is 6.92 Å². The first-order valence-corrected chi connectivity index (χ1v) is 5.70. The van der Waals surface area contributed by atoms with Crippen LogP contribution in [0.5, 0.6) is 0 Å². The molecule has 0 saturated carbocycles. The lowest BCUT2D eigenvalue weighted by molar-refractivity contribution is 0.452. The molecule has 2 atom stereocenters. The number of rotatable bonds is 5. The van der Waals surface area contributed by atoms with Gasteiger partial charge in [-0.2, -0.15) is 0 Å². The van der Waals surface area contributed by atoms with E-state index >= 15 is 0 Å². The number of hydrogen-bond acceptors (Lipinski definition) is 2. The second-order valence-corrected chi connectivity index (χ2v) is 4.18. The van der Waals surface area contributed by atoms with Crippen molar-refractivity contribution in [3.05, 3.63) is 35.4 Å². The molecule has 2 unspecified atom stereocenters. The molecule has 0 aromatic heterocycles. The van der Waals surface area contributed by atoms with Crippen LogP contribution in [0.4, 0.5) is 0 Å². The molecule has 0 radical (unpaired) electrons. The first-order chi connectivity index (χ1) is 7.17. The Kier molecular flexibility index (Phi) is 4.79. The minimum atomic E-state index is 0.278. The molecule has 1 aromatic rings. The fourth-order valence-electron chi connectivity index (χ4n) is 1.65. The molecule has 0 spiro atoms. The van der Waals surface area contributed by atoms with Gasteiger partial charge in [-0.25, -0.2) is 0 Å². The highest BCUT2D eigenvalue weighted by molar-refractivity contribution is 5.25. The van der Waals surface area contributed by atoms with Crippen molar-refractivity contribution in [3.8, 4) is 0 Å². The van der Waals surface area contributed by atoms with E-state index in [2.05, 4.69) is 50.4 Å². The zero-order valence-corrected chi connectivity index (χ0v) is 9.96. The summed E-state index contributed by atoms with van der Waals surface area (Å²) in [6, 6.07) is 9.33. The van der Waals surface area contributed by atoms with E-state index in [1.807, 2.05) is 0 Å². The van der Waals surface area contributed by atoms with Crippen LogP contribution in [0.1, 0.15) is 37.4 Å². The normalized spacial score (nSPS) is 14.9. The van der Waals surface area contributed by atoms with Crippen LogP contribution in [0.3, 0.4) is 0 Å². The largest absolute Gasteiger partial charge is 0.329 e. The Bertz CT molecular complexity index is 296. The van der Waals surface area contributed by atoms with Gasteiger partial charge < -0.3 is 11.1 Å². The number of benzene rings is 1. The summed E-state index contributed by atoms with van der Waals surface area (Å²) in [5.41, 5.74) is 8.37. The molecule has 2 nitrogen and oxygen atoms in total. The van der Waals surface area contributed by atoms with Gasteiger partial charge in [0.15, 0.2) is 0 Å². The van der Waals surface area contributed by atoms with Crippen LogP contribution < -0.4 is 11.1 Å². The zero-order chi connectivity index (χ0) is 11.3. The fraction of sp³-hybridized carbons (Fsp3) is 0.538. The molecule has 84 valence electrons. The number of nitrogens with one attached hydrogen (secondary N) is 1. The SMILES string of the molecule is CCC(C)NC(CN)c1cccc(C)c1. The second kappa shape index (κ2) is 5.89. The summed E-state index contributed by atoms with van der Waals surface area (Å²) >= 11 is 0. The van der Waals surface area contributed by atoms with E-state index in [1.54, 1.807) is 0 Å². The van der Waals surface area contributed by atoms with Gasteiger partial charge >= 0.3 is 0 Å². The molecule has 0 aliphatic carbocycles. The summed E-state index contributed by atoms with van der Waals surface area (Å²) in [7, 11) is 0. The lowest BCUT2D eigenvalue weighted by atomic mass is 10.0. The lowest BCUT2D eigenvalue weighted by Gasteiger charge is -2.22. The molecule has 0 saturated heterocycles. The van der Waals surface area contributed by atoms with E-state index in [0.717, 1.165) is 6.42 Å². The summed E-state index contributed by atoms with van der Waals surface area (Å²) in [6.07, 6.45) is 1.13. The van der Waals surface area contributed by atoms with Crippen molar-refractivity contribution in [1.82, 2.24) is 5.32 Å². The van der Waals surface area contributed by atoms with Crippen molar-refractivity contribution < 1.29 is 0 Å².